The van der Waals surface area contributed by atoms with Crippen molar-refractivity contribution in [3.63, 3.8) is 0 Å². The fourth-order valence-electron chi connectivity index (χ4n) is 1.59. The summed E-state index contributed by atoms with van der Waals surface area (Å²) in [6, 6.07) is -0.243. The summed E-state index contributed by atoms with van der Waals surface area (Å²) in [6.07, 6.45) is 1.09. The number of nitrogens with one attached hydrogen (secondary N) is 1. The van der Waals surface area contributed by atoms with Gasteiger partial charge in [0, 0.05) is 0 Å². The molecule has 80 valence electrons. The molecular weight excluding hydrogens is 182 g/mol. The maximum Gasteiger partial charge on any atom is 0.334 e. The fraction of sp³-hybridized carbons (Fsp3) is 0.700. The molecule has 2 unspecified atom stereocenters. The number of aliphatic carboxylic acids is 1. The maximum atomic E-state index is 10.9. The number of carbonyl (C=O) groups is 1. The molecule has 4 heteroatoms. The Balaban J connectivity index is 2.83. The van der Waals surface area contributed by atoms with Crippen molar-refractivity contribution in [2.75, 3.05) is 0 Å². The molecular formula is C10H17NO3. The minimum absolute atomic E-state index is 0.243. The molecule has 1 aliphatic rings. The van der Waals surface area contributed by atoms with Gasteiger partial charge in [-0.25, -0.2) is 4.79 Å². The predicted molar refractivity (Wildman–Crippen MR) is 52.9 cm³/mol. The second-order valence-electron chi connectivity index (χ2n) is 4.30. The van der Waals surface area contributed by atoms with E-state index in [-0.39, 0.29) is 6.04 Å². The lowest BCUT2D eigenvalue weighted by Crippen LogP contribution is -2.38. The zero-order valence-corrected chi connectivity index (χ0v) is 9.00. The monoisotopic (exact) mass is 199 g/mol. The largest absolute Gasteiger partial charge is 0.479 e. The topological polar surface area (TPSA) is 58.6 Å². The summed E-state index contributed by atoms with van der Waals surface area (Å²) in [6.45, 7) is 7.52. The van der Waals surface area contributed by atoms with E-state index in [1.807, 2.05) is 33.8 Å². The number of hydrogen-bond acceptors (Lipinski definition) is 3. The molecule has 1 saturated heterocycles. The summed E-state index contributed by atoms with van der Waals surface area (Å²) in [7, 11) is 0. The highest BCUT2D eigenvalue weighted by Gasteiger charge is 2.42. The highest BCUT2D eigenvalue weighted by molar-refractivity contribution is 5.74. The molecule has 0 amide bonds. The molecule has 0 saturated carbocycles. The van der Waals surface area contributed by atoms with Crippen molar-refractivity contribution in [1.29, 1.82) is 0 Å². The first kappa shape index (κ1) is 11.2. The van der Waals surface area contributed by atoms with E-state index in [4.69, 9.17) is 9.84 Å². The number of carboxylic acids is 1. The average Bonchev–Trinajstić information content (AvgIpc) is 2.24. The van der Waals surface area contributed by atoms with Crippen molar-refractivity contribution in [3.8, 4) is 0 Å². The second kappa shape index (κ2) is 3.71. The van der Waals surface area contributed by atoms with E-state index in [1.54, 1.807) is 0 Å². The fourth-order valence-corrected chi connectivity index (χ4v) is 1.59. The molecule has 4 nitrogen and oxygen atoms in total. The number of rotatable bonds is 2. The van der Waals surface area contributed by atoms with Crippen LogP contribution in [-0.2, 0) is 9.53 Å². The number of ether oxygens (including phenoxy) is 1. The Morgan fingerprint density at radius 2 is 2.07 bits per heavy atom. The van der Waals surface area contributed by atoms with Crippen molar-refractivity contribution < 1.29 is 14.6 Å². The molecule has 0 aromatic carbocycles. The minimum Gasteiger partial charge on any atom is -0.479 e. The van der Waals surface area contributed by atoms with Crippen molar-refractivity contribution in [1.82, 2.24) is 5.32 Å². The molecule has 1 rings (SSSR count). The van der Waals surface area contributed by atoms with Gasteiger partial charge < -0.3 is 9.84 Å². The normalized spacial score (nSPS) is 30.0. The van der Waals surface area contributed by atoms with E-state index in [1.165, 1.54) is 0 Å². The van der Waals surface area contributed by atoms with Gasteiger partial charge in [0.1, 0.15) is 5.72 Å². The van der Waals surface area contributed by atoms with Gasteiger partial charge in [0.2, 0.25) is 0 Å². The lowest BCUT2D eigenvalue weighted by atomic mass is 10.1. The first-order chi connectivity index (χ1) is 6.32. The molecule has 14 heavy (non-hydrogen) atoms. The molecule has 0 radical (unpaired) electrons. The minimum atomic E-state index is -0.925. The van der Waals surface area contributed by atoms with Gasteiger partial charge >= 0.3 is 5.97 Å². The highest BCUT2D eigenvalue weighted by Crippen LogP contribution is 2.22. The highest BCUT2D eigenvalue weighted by atomic mass is 16.6. The third-order valence-corrected chi connectivity index (χ3v) is 2.02. The number of allylic oxidation sites excluding steroid dienone is 1. The predicted octanol–water partition coefficient (Wildman–Crippen LogP) is 1.13. The Morgan fingerprint density at radius 3 is 2.50 bits per heavy atom. The van der Waals surface area contributed by atoms with E-state index in [2.05, 4.69) is 5.32 Å². The lowest BCUT2D eigenvalue weighted by Gasteiger charge is -2.17. The summed E-state index contributed by atoms with van der Waals surface area (Å²) in [5, 5.41) is 12.0. The van der Waals surface area contributed by atoms with E-state index in [9.17, 15) is 4.79 Å². The van der Waals surface area contributed by atoms with Gasteiger partial charge in [0.15, 0.2) is 6.10 Å². The van der Waals surface area contributed by atoms with Crippen LogP contribution < -0.4 is 5.32 Å². The van der Waals surface area contributed by atoms with Gasteiger partial charge in [-0.3, -0.25) is 5.32 Å². The Hall–Kier alpha value is -0.870. The summed E-state index contributed by atoms with van der Waals surface area (Å²) in [5.74, 6) is -0.925. The van der Waals surface area contributed by atoms with Crippen LogP contribution in [0.1, 0.15) is 27.7 Å². The molecule has 2 N–H and O–H groups in total. The van der Waals surface area contributed by atoms with Crippen LogP contribution in [0, 0.1) is 0 Å². The zero-order valence-electron chi connectivity index (χ0n) is 9.00. The van der Waals surface area contributed by atoms with E-state index >= 15 is 0 Å². The Bertz CT molecular complexity index is 267. The van der Waals surface area contributed by atoms with Crippen LogP contribution in [0.3, 0.4) is 0 Å². The van der Waals surface area contributed by atoms with Crippen LogP contribution in [0.5, 0.6) is 0 Å². The molecule has 1 fully saturated rings. The van der Waals surface area contributed by atoms with Crippen LogP contribution in [0.15, 0.2) is 11.6 Å². The van der Waals surface area contributed by atoms with E-state index < -0.39 is 17.8 Å². The molecule has 0 aliphatic carbocycles. The van der Waals surface area contributed by atoms with E-state index in [0.717, 1.165) is 5.57 Å². The zero-order chi connectivity index (χ0) is 10.9. The van der Waals surface area contributed by atoms with Crippen molar-refractivity contribution in [2.24, 2.45) is 0 Å². The molecule has 0 aromatic heterocycles. The summed E-state index contributed by atoms with van der Waals surface area (Å²) < 4.78 is 5.37. The summed E-state index contributed by atoms with van der Waals surface area (Å²) in [5.41, 5.74) is 0.509. The lowest BCUT2D eigenvalue weighted by molar-refractivity contribution is -0.153. The first-order valence-corrected chi connectivity index (χ1v) is 4.65. The van der Waals surface area contributed by atoms with E-state index in [0.29, 0.717) is 0 Å². The van der Waals surface area contributed by atoms with Gasteiger partial charge in [-0.05, 0) is 27.7 Å². The summed E-state index contributed by atoms with van der Waals surface area (Å²) >= 11 is 0. The molecule has 0 spiro atoms. The van der Waals surface area contributed by atoms with Crippen LogP contribution in [0.2, 0.25) is 0 Å². The van der Waals surface area contributed by atoms with Crippen LogP contribution in [-0.4, -0.2) is 28.9 Å². The van der Waals surface area contributed by atoms with Gasteiger partial charge in [-0.15, -0.1) is 0 Å². The van der Waals surface area contributed by atoms with Gasteiger partial charge in [0.05, 0.1) is 6.04 Å². The smallest absolute Gasteiger partial charge is 0.334 e. The van der Waals surface area contributed by atoms with Crippen molar-refractivity contribution >= 4 is 5.97 Å². The van der Waals surface area contributed by atoms with Gasteiger partial charge in [0.25, 0.3) is 0 Å². The third-order valence-electron chi connectivity index (χ3n) is 2.02. The van der Waals surface area contributed by atoms with Crippen LogP contribution in [0.25, 0.3) is 0 Å². The van der Waals surface area contributed by atoms with Crippen LogP contribution in [0.4, 0.5) is 0 Å². The van der Waals surface area contributed by atoms with Gasteiger partial charge in [-0.2, -0.15) is 0 Å². The number of hydrogen-bond donors (Lipinski definition) is 2. The third kappa shape index (κ3) is 2.56. The molecule has 2 atom stereocenters. The Kier molecular flexibility index (Phi) is 2.97. The van der Waals surface area contributed by atoms with Crippen LogP contribution >= 0.6 is 0 Å². The first-order valence-electron chi connectivity index (χ1n) is 4.65. The quantitative estimate of drug-likeness (QED) is 0.654. The number of carboxylic acid groups (broad SMARTS) is 1. The standard InChI is InChI=1S/C10H17NO3/c1-6(2)5-7-8(9(12)13)14-10(3,4)11-7/h5,7-8,11H,1-4H3,(H,12,13). The SMILES string of the molecule is CC(C)=CC1NC(C)(C)OC1C(=O)O. The van der Waals surface area contributed by atoms with Crippen molar-refractivity contribution in [3.05, 3.63) is 11.6 Å². The summed E-state index contributed by atoms with van der Waals surface area (Å²) in [4.78, 5) is 10.9. The Labute approximate surface area is 83.9 Å². The van der Waals surface area contributed by atoms with Crippen molar-refractivity contribution in [2.45, 2.75) is 45.6 Å². The molecule has 0 aromatic rings. The van der Waals surface area contributed by atoms with Gasteiger partial charge in [-0.1, -0.05) is 11.6 Å². The molecule has 1 heterocycles. The molecule has 0 bridgehead atoms. The Morgan fingerprint density at radius 1 is 1.50 bits per heavy atom. The maximum absolute atomic E-state index is 10.9. The average molecular weight is 199 g/mol. The molecule has 1 aliphatic heterocycles. The second-order valence-corrected chi connectivity index (χ2v) is 4.30.